The molecule has 0 spiro atoms. The smallest absolute Gasteiger partial charge is 0.243 e. The van der Waals surface area contributed by atoms with E-state index >= 15 is 0 Å². The van der Waals surface area contributed by atoms with Crippen LogP contribution < -0.4 is 10.1 Å². The Labute approximate surface area is 128 Å². The van der Waals surface area contributed by atoms with Gasteiger partial charge in [-0.05, 0) is 37.1 Å². The Kier molecular flexibility index (Phi) is 5.04. The molecule has 0 amide bonds. The van der Waals surface area contributed by atoms with Crippen molar-refractivity contribution in [2.75, 3.05) is 11.9 Å². The van der Waals surface area contributed by atoms with E-state index in [0.717, 1.165) is 18.5 Å². The van der Waals surface area contributed by atoms with Crippen molar-refractivity contribution in [2.24, 2.45) is 0 Å². The van der Waals surface area contributed by atoms with E-state index in [1.165, 1.54) is 6.20 Å². The minimum absolute atomic E-state index is 0.321. The van der Waals surface area contributed by atoms with E-state index < -0.39 is 0 Å². The van der Waals surface area contributed by atoms with Gasteiger partial charge in [0.1, 0.15) is 10.8 Å². The topological polar surface area (TPSA) is 47.0 Å². The predicted octanol–water partition coefficient (Wildman–Crippen LogP) is 4.71. The van der Waals surface area contributed by atoms with Crippen LogP contribution in [0.25, 0.3) is 0 Å². The van der Waals surface area contributed by atoms with Gasteiger partial charge in [0.25, 0.3) is 0 Å². The van der Waals surface area contributed by atoms with Crippen molar-refractivity contribution in [3.05, 3.63) is 40.0 Å². The summed E-state index contributed by atoms with van der Waals surface area (Å²) in [6.07, 6.45) is 2.50. The molecule has 0 aliphatic heterocycles. The predicted molar refractivity (Wildman–Crippen MR) is 82.1 cm³/mol. The van der Waals surface area contributed by atoms with Crippen LogP contribution in [0.3, 0.4) is 0 Å². The highest BCUT2D eigenvalue weighted by molar-refractivity contribution is 6.32. The third-order valence-electron chi connectivity index (χ3n) is 2.59. The molecule has 0 bridgehead atoms. The van der Waals surface area contributed by atoms with Crippen LogP contribution in [-0.4, -0.2) is 16.5 Å². The fourth-order valence-electron chi connectivity index (χ4n) is 1.54. The molecule has 0 aliphatic carbocycles. The molecule has 4 nitrogen and oxygen atoms in total. The third kappa shape index (κ3) is 3.74. The van der Waals surface area contributed by atoms with Crippen molar-refractivity contribution in [3.8, 4) is 11.6 Å². The van der Waals surface area contributed by atoms with Gasteiger partial charge in [0, 0.05) is 11.6 Å². The average Bonchev–Trinajstić information content (AvgIpc) is 2.44. The molecule has 1 N–H and O–H groups in total. The first-order valence-corrected chi connectivity index (χ1v) is 7.06. The number of nitrogens with one attached hydrogen (secondary N) is 1. The molecular formula is C14H15Cl2N3O. The zero-order valence-electron chi connectivity index (χ0n) is 11.3. The van der Waals surface area contributed by atoms with Crippen LogP contribution in [0.4, 0.5) is 5.95 Å². The summed E-state index contributed by atoms with van der Waals surface area (Å²) in [5.41, 5.74) is 0.929. The van der Waals surface area contributed by atoms with Gasteiger partial charge in [-0.25, -0.2) is 4.98 Å². The molecule has 1 heterocycles. The summed E-state index contributed by atoms with van der Waals surface area (Å²) in [6, 6.07) is 5.38. The maximum Gasteiger partial charge on any atom is 0.243 e. The van der Waals surface area contributed by atoms with Crippen molar-refractivity contribution in [2.45, 2.75) is 20.3 Å². The number of nitrogens with zero attached hydrogens (tertiary/aromatic N) is 2. The summed E-state index contributed by atoms with van der Waals surface area (Å²) in [7, 11) is 0. The van der Waals surface area contributed by atoms with Gasteiger partial charge in [-0.1, -0.05) is 30.1 Å². The van der Waals surface area contributed by atoms with Gasteiger partial charge in [0.05, 0.1) is 6.20 Å². The second-order valence-corrected chi connectivity index (χ2v) is 5.10. The number of aryl methyl sites for hydroxylation is 1. The Bertz CT molecular complexity index is 605. The molecule has 0 atom stereocenters. The Morgan fingerprint density at radius 3 is 2.75 bits per heavy atom. The fraction of sp³-hybridized carbons (Fsp3) is 0.286. The summed E-state index contributed by atoms with van der Waals surface area (Å²) < 4.78 is 5.68. The number of anilines is 1. The van der Waals surface area contributed by atoms with E-state index in [-0.39, 0.29) is 0 Å². The quantitative estimate of drug-likeness (QED) is 0.869. The molecule has 106 valence electrons. The molecule has 0 saturated heterocycles. The van der Waals surface area contributed by atoms with E-state index in [0.29, 0.717) is 27.6 Å². The van der Waals surface area contributed by atoms with Crippen molar-refractivity contribution in [1.29, 1.82) is 0 Å². The number of hydrogen-bond acceptors (Lipinski definition) is 4. The lowest BCUT2D eigenvalue weighted by atomic mass is 10.2. The second-order valence-electron chi connectivity index (χ2n) is 4.29. The highest BCUT2D eigenvalue weighted by Gasteiger charge is 2.08. The summed E-state index contributed by atoms with van der Waals surface area (Å²) in [5, 5.41) is 4.14. The lowest BCUT2D eigenvalue weighted by Crippen LogP contribution is -2.04. The summed E-state index contributed by atoms with van der Waals surface area (Å²) >= 11 is 12.0. The van der Waals surface area contributed by atoms with Gasteiger partial charge in [0.15, 0.2) is 0 Å². The van der Waals surface area contributed by atoms with Crippen LogP contribution in [-0.2, 0) is 0 Å². The van der Waals surface area contributed by atoms with Crippen LogP contribution in [0.5, 0.6) is 11.6 Å². The van der Waals surface area contributed by atoms with Gasteiger partial charge in [0.2, 0.25) is 11.8 Å². The summed E-state index contributed by atoms with van der Waals surface area (Å²) in [5.74, 6) is 1.45. The molecule has 2 aromatic rings. The van der Waals surface area contributed by atoms with Gasteiger partial charge >= 0.3 is 0 Å². The molecule has 6 heteroatoms. The minimum atomic E-state index is 0.321. The Hall–Kier alpha value is -1.52. The number of hydrogen-bond donors (Lipinski definition) is 1. The Morgan fingerprint density at radius 2 is 2.05 bits per heavy atom. The van der Waals surface area contributed by atoms with Crippen LogP contribution in [0.2, 0.25) is 10.0 Å². The molecule has 0 unspecified atom stereocenters. The number of aromatic nitrogens is 2. The Morgan fingerprint density at radius 1 is 1.25 bits per heavy atom. The van der Waals surface area contributed by atoms with Crippen molar-refractivity contribution in [3.63, 3.8) is 0 Å². The molecular weight excluding hydrogens is 297 g/mol. The van der Waals surface area contributed by atoms with E-state index in [1.807, 2.05) is 13.0 Å². The van der Waals surface area contributed by atoms with Crippen LogP contribution in [0.1, 0.15) is 18.9 Å². The Balaban J connectivity index is 2.20. The van der Waals surface area contributed by atoms with Crippen molar-refractivity contribution < 1.29 is 4.74 Å². The number of rotatable bonds is 5. The van der Waals surface area contributed by atoms with Crippen molar-refractivity contribution >= 4 is 29.2 Å². The van der Waals surface area contributed by atoms with E-state index in [9.17, 15) is 0 Å². The molecule has 0 fully saturated rings. The largest absolute Gasteiger partial charge is 0.437 e. The van der Waals surface area contributed by atoms with E-state index in [2.05, 4.69) is 22.2 Å². The lowest BCUT2D eigenvalue weighted by molar-refractivity contribution is 0.462. The molecule has 1 aromatic heterocycles. The fourth-order valence-corrected chi connectivity index (χ4v) is 1.78. The molecule has 0 aliphatic rings. The van der Waals surface area contributed by atoms with Crippen molar-refractivity contribution in [1.82, 2.24) is 9.97 Å². The zero-order valence-corrected chi connectivity index (χ0v) is 12.8. The molecule has 0 radical (unpaired) electrons. The van der Waals surface area contributed by atoms with Gasteiger partial charge in [-0.3, -0.25) is 0 Å². The second kappa shape index (κ2) is 6.77. The lowest BCUT2D eigenvalue weighted by Gasteiger charge is -2.09. The first kappa shape index (κ1) is 14.9. The highest BCUT2D eigenvalue weighted by atomic mass is 35.5. The number of ether oxygens (including phenoxy) is 1. The SMILES string of the molecule is CCCNc1ncc(Cl)c(Oc2ccc(Cl)c(C)c2)n1. The van der Waals surface area contributed by atoms with Crippen LogP contribution >= 0.6 is 23.2 Å². The third-order valence-corrected chi connectivity index (χ3v) is 3.27. The maximum atomic E-state index is 6.05. The zero-order chi connectivity index (χ0) is 14.5. The number of benzene rings is 1. The summed E-state index contributed by atoms with van der Waals surface area (Å²) in [4.78, 5) is 8.34. The normalized spacial score (nSPS) is 10.4. The van der Waals surface area contributed by atoms with Gasteiger partial charge in [-0.2, -0.15) is 4.98 Å². The monoisotopic (exact) mass is 311 g/mol. The maximum absolute atomic E-state index is 6.05. The van der Waals surface area contributed by atoms with Crippen LogP contribution in [0.15, 0.2) is 24.4 Å². The molecule has 1 aromatic carbocycles. The van der Waals surface area contributed by atoms with Gasteiger partial charge < -0.3 is 10.1 Å². The first-order valence-electron chi connectivity index (χ1n) is 6.30. The van der Waals surface area contributed by atoms with E-state index in [4.69, 9.17) is 27.9 Å². The van der Waals surface area contributed by atoms with Crippen LogP contribution in [0, 0.1) is 6.92 Å². The summed E-state index contributed by atoms with van der Waals surface area (Å²) in [6.45, 7) is 4.77. The minimum Gasteiger partial charge on any atom is -0.437 e. The van der Waals surface area contributed by atoms with Gasteiger partial charge in [-0.15, -0.1) is 0 Å². The molecule has 0 saturated carbocycles. The van der Waals surface area contributed by atoms with E-state index in [1.54, 1.807) is 12.1 Å². The highest BCUT2D eigenvalue weighted by Crippen LogP contribution is 2.29. The molecule has 2 rings (SSSR count). The standard InChI is InChI=1S/C14H15Cl2N3O/c1-3-6-17-14-18-8-12(16)13(19-14)20-10-4-5-11(15)9(2)7-10/h4-5,7-8H,3,6H2,1-2H3,(H,17,18,19). The molecule has 20 heavy (non-hydrogen) atoms. The average molecular weight is 312 g/mol. The number of halogens is 2. The first-order chi connectivity index (χ1) is 9.60.